The van der Waals surface area contributed by atoms with Crippen molar-refractivity contribution in [3.63, 3.8) is 0 Å². The summed E-state index contributed by atoms with van der Waals surface area (Å²) >= 11 is 0. The lowest BCUT2D eigenvalue weighted by molar-refractivity contribution is 0.0945. The van der Waals surface area contributed by atoms with Crippen molar-refractivity contribution in [3.8, 4) is 0 Å². The molecule has 0 fully saturated rings. The second-order valence-corrected chi connectivity index (χ2v) is 6.78. The van der Waals surface area contributed by atoms with Crippen LogP contribution >= 0.6 is 0 Å². The summed E-state index contributed by atoms with van der Waals surface area (Å²) < 4.78 is 6.81. The van der Waals surface area contributed by atoms with E-state index in [1.165, 1.54) is 0 Å². The Kier molecular flexibility index (Phi) is 4.92. The minimum Gasteiger partial charge on any atom is -0.360 e. The first kappa shape index (κ1) is 18.0. The molecule has 1 aliphatic rings. The summed E-state index contributed by atoms with van der Waals surface area (Å²) in [7, 11) is 0. The third kappa shape index (κ3) is 3.66. The Morgan fingerprint density at radius 3 is 2.75 bits per heavy atom. The van der Waals surface area contributed by atoms with Gasteiger partial charge in [-0.2, -0.15) is 0 Å². The standard InChI is InChI=1S/C20H21N5O3/c1-13-11-16(24-28-13)22-20(27)18-23-17(15-9-5-6-10-25(15)18)19(26)21-12-14-7-3-2-4-8-14/h2-4,7-8,11H,5-6,9-10,12H2,1H3,(H,21,26)(H,22,24,27). The van der Waals surface area contributed by atoms with Gasteiger partial charge in [0.1, 0.15) is 11.5 Å². The summed E-state index contributed by atoms with van der Waals surface area (Å²) in [4.78, 5) is 29.8. The molecule has 8 nitrogen and oxygen atoms in total. The van der Waals surface area contributed by atoms with Gasteiger partial charge in [-0.15, -0.1) is 0 Å². The van der Waals surface area contributed by atoms with Crippen LogP contribution in [0.1, 0.15) is 51.0 Å². The first-order valence-corrected chi connectivity index (χ1v) is 9.28. The molecule has 0 unspecified atom stereocenters. The molecule has 2 aromatic heterocycles. The molecule has 144 valence electrons. The molecule has 0 aliphatic carbocycles. The summed E-state index contributed by atoms with van der Waals surface area (Å²) in [6, 6.07) is 11.3. The maximum Gasteiger partial charge on any atom is 0.292 e. The number of nitrogens with one attached hydrogen (secondary N) is 2. The number of hydrogen-bond donors (Lipinski definition) is 2. The quantitative estimate of drug-likeness (QED) is 0.710. The highest BCUT2D eigenvalue weighted by atomic mass is 16.5. The van der Waals surface area contributed by atoms with Gasteiger partial charge < -0.3 is 19.7 Å². The normalized spacial score (nSPS) is 13.0. The molecule has 0 spiro atoms. The van der Waals surface area contributed by atoms with Crippen LogP contribution in [0.4, 0.5) is 5.82 Å². The number of amides is 2. The zero-order chi connectivity index (χ0) is 19.5. The molecule has 0 radical (unpaired) electrons. The predicted octanol–water partition coefficient (Wildman–Crippen LogP) is 2.70. The van der Waals surface area contributed by atoms with Crippen LogP contribution < -0.4 is 10.6 Å². The molecular weight excluding hydrogens is 358 g/mol. The molecule has 3 heterocycles. The van der Waals surface area contributed by atoms with Crippen molar-refractivity contribution >= 4 is 17.6 Å². The van der Waals surface area contributed by atoms with Gasteiger partial charge in [-0.25, -0.2) is 4.98 Å². The van der Waals surface area contributed by atoms with Crippen molar-refractivity contribution < 1.29 is 14.1 Å². The lowest BCUT2D eigenvalue weighted by Crippen LogP contribution is -2.25. The van der Waals surface area contributed by atoms with Gasteiger partial charge in [-0.1, -0.05) is 35.5 Å². The van der Waals surface area contributed by atoms with Crippen LogP contribution in [0.2, 0.25) is 0 Å². The van der Waals surface area contributed by atoms with Crippen molar-refractivity contribution in [2.24, 2.45) is 0 Å². The largest absolute Gasteiger partial charge is 0.360 e. The Morgan fingerprint density at radius 2 is 2.00 bits per heavy atom. The summed E-state index contributed by atoms with van der Waals surface area (Å²) in [5.41, 5.74) is 2.12. The molecule has 0 saturated carbocycles. The molecule has 0 bridgehead atoms. The third-order valence-electron chi connectivity index (χ3n) is 4.70. The number of benzene rings is 1. The second kappa shape index (κ2) is 7.67. The fraction of sp³-hybridized carbons (Fsp3) is 0.300. The average Bonchev–Trinajstić information content (AvgIpc) is 3.30. The van der Waals surface area contributed by atoms with Crippen molar-refractivity contribution in [1.82, 2.24) is 20.0 Å². The zero-order valence-electron chi connectivity index (χ0n) is 15.6. The van der Waals surface area contributed by atoms with Crippen LogP contribution in [-0.2, 0) is 19.5 Å². The topological polar surface area (TPSA) is 102 Å². The average molecular weight is 379 g/mol. The van der Waals surface area contributed by atoms with E-state index in [1.807, 2.05) is 34.9 Å². The third-order valence-corrected chi connectivity index (χ3v) is 4.70. The number of carbonyl (C=O) groups excluding carboxylic acids is 2. The van der Waals surface area contributed by atoms with Crippen molar-refractivity contribution in [1.29, 1.82) is 0 Å². The maximum atomic E-state index is 12.7. The molecule has 1 aromatic carbocycles. The van der Waals surface area contributed by atoms with Crippen molar-refractivity contribution in [3.05, 3.63) is 64.9 Å². The molecule has 0 saturated heterocycles. The number of carbonyl (C=O) groups is 2. The van der Waals surface area contributed by atoms with E-state index in [9.17, 15) is 9.59 Å². The lowest BCUT2D eigenvalue weighted by Gasteiger charge is -2.16. The molecule has 1 aliphatic heterocycles. The summed E-state index contributed by atoms with van der Waals surface area (Å²) in [6.45, 7) is 2.82. The Bertz CT molecular complexity index is 1010. The smallest absolute Gasteiger partial charge is 0.292 e. The van der Waals surface area contributed by atoms with E-state index in [0.29, 0.717) is 30.4 Å². The van der Waals surface area contributed by atoms with Crippen LogP contribution in [-0.4, -0.2) is 26.5 Å². The first-order chi connectivity index (χ1) is 13.6. The minimum absolute atomic E-state index is 0.222. The molecular formula is C20H21N5O3. The zero-order valence-corrected chi connectivity index (χ0v) is 15.6. The van der Waals surface area contributed by atoms with Gasteiger partial charge in [0.25, 0.3) is 11.8 Å². The fourth-order valence-corrected chi connectivity index (χ4v) is 3.36. The van der Waals surface area contributed by atoms with Gasteiger partial charge in [-0.3, -0.25) is 9.59 Å². The first-order valence-electron chi connectivity index (χ1n) is 9.28. The Balaban J connectivity index is 1.56. The molecule has 8 heteroatoms. The molecule has 4 rings (SSSR count). The lowest BCUT2D eigenvalue weighted by atomic mass is 10.1. The van der Waals surface area contributed by atoms with E-state index in [1.54, 1.807) is 13.0 Å². The number of imidazole rings is 1. The van der Waals surface area contributed by atoms with Gasteiger partial charge >= 0.3 is 0 Å². The Morgan fingerprint density at radius 1 is 1.18 bits per heavy atom. The van der Waals surface area contributed by atoms with E-state index >= 15 is 0 Å². The second-order valence-electron chi connectivity index (χ2n) is 6.78. The summed E-state index contributed by atoms with van der Waals surface area (Å²) in [5.74, 6) is 0.469. The van der Waals surface area contributed by atoms with Gasteiger partial charge in [0.2, 0.25) is 0 Å². The van der Waals surface area contributed by atoms with E-state index < -0.39 is 5.91 Å². The van der Waals surface area contributed by atoms with Crippen molar-refractivity contribution in [2.75, 3.05) is 5.32 Å². The van der Waals surface area contributed by atoms with E-state index in [2.05, 4.69) is 20.8 Å². The van der Waals surface area contributed by atoms with E-state index in [4.69, 9.17) is 4.52 Å². The Labute approximate surface area is 161 Å². The number of hydrogen-bond acceptors (Lipinski definition) is 5. The molecule has 2 amide bonds. The molecule has 3 aromatic rings. The maximum absolute atomic E-state index is 12.7. The van der Waals surface area contributed by atoms with E-state index in [0.717, 1.165) is 30.5 Å². The highest BCUT2D eigenvalue weighted by molar-refractivity contribution is 6.03. The van der Waals surface area contributed by atoms with Crippen molar-refractivity contribution in [2.45, 2.75) is 39.3 Å². The number of nitrogens with zero attached hydrogens (tertiary/aromatic N) is 3. The number of fused-ring (bicyclic) bond motifs is 1. The van der Waals surface area contributed by atoms with Crippen LogP contribution in [0.15, 0.2) is 40.9 Å². The number of aromatic nitrogens is 3. The number of rotatable bonds is 5. The van der Waals surface area contributed by atoms with Crippen LogP contribution in [0.5, 0.6) is 0 Å². The number of anilines is 1. The van der Waals surface area contributed by atoms with Gasteiger partial charge in [0, 0.05) is 19.2 Å². The summed E-state index contributed by atoms with van der Waals surface area (Å²) in [5, 5.41) is 9.35. The summed E-state index contributed by atoms with van der Waals surface area (Å²) in [6.07, 6.45) is 2.63. The van der Waals surface area contributed by atoms with Crippen LogP contribution in [0, 0.1) is 6.92 Å². The molecule has 28 heavy (non-hydrogen) atoms. The SMILES string of the molecule is Cc1cc(NC(=O)c2nc(C(=O)NCc3ccccc3)c3n2CCCC3)no1. The number of aryl methyl sites for hydroxylation is 1. The van der Waals surface area contributed by atoms with Crippen LogP contribution in [0.3, 0.4) is 0 Å². The highest BCUT2D eigenvalue weighted by Crippen LogP contribution is 2.22. The van der Waals surface area contributed by atoms with Gasteiger partial charge in [0.05, 0.1) is 5.69 Å². The monoisotopic (exact) mass is 379 g/mol. The highest BCUT2D eigenvalue weighted by Gasteiger charge is 2.27. The predicted molar refractivity (Wildman–Crippen MR) is 102 cm³/mol. The minimum atomic E-state index is -0.404. The fourth-order valence-electron chi connectivity index (χ4n) is 3.36. The van der Waals surface area contributed by atoms with E-state index in [-0.39, 0.29) is 11.7 Å². The van der Waals surface area contributed by atoms with Crippen LogP contribution in [0.25, 0.3) is 0 Å². The Hall–Kier alpha value is -3.42. The van der Waals surface area contributed by atoms with Gasteiger partial charge in [0.15, 0.2) is 11.6 Å². The molecule has 0 atom stereocenters. The molecule has 2 N–H and O–H groups in total. The van der Waals surface area contributed by atoms with Gasteiger partial charge in [-0.05, 0) is 31.7 Å².